The number of nitrogens with zero attached hydrogens (tertiary/aromatic N) is 1. The molecule has 1 aromatic heterocycles. The van der Waals surface area contributed by atoms with E-state index in [-0.39, 0.29) is 5.69 Å². The van der Waals surface area contributed by atoms with E-state index in [1.807, 2.05) is 12.1 Å². The third-order valence-electron chi connectivity index (χ3n) is 3.09. The number of nitro groups is 1. The number of nitrogens with two attached hydrogens (primary N) is 1. The highest BCUT2D eigenvalue weighted by atomic mass is 16.6. The molecule has 6 nitrogen and oxygen atoms in total. The van der Waals surface area contributed by atoms with Gasteiger partial charge in [-0.25, -0.2) is 0 Å². The van der Waals surface area contributed by atoms with Crippen molar-refractivity contribution in [2.45, 2.75) is 26.4 Å². The Kier molecular flexibility index (Phi) is 4.94. The Hall–Kier alpha value is -2.34. The summed E-state index contributed by atoms with van der Waals surface area (Å²) < 4.78 is 11.2. The van der Waals surface area contributed by atoms with Crippen LogP contribution >= 0.6 is 0 Å². The van der Waals surface area contributed by atoms with Gasteiger partial charge in [0.15, 0.2) is 0 Å². The quantitative estimate of drug-likeness (QED) is 0.625. The van der Waals surface area contributed by atoms with Crippen LogP contribution in [0.2, 0.25) is 0 Å². The lowest BCUT2D eigenvalue weighted by Gasteiger charge is -2.05. The van der Waals surface area contributed by atoms with Crippen LogP contribution in [-0.4, -0.2) is 11.5 Å². The maximum absolute atomic E-state index is 10.7. The van der Waals surface area contributed by atoms with Crippen LogP contribution in [0.4, 0.5) is 5.69 Å². The maximum atomic E-state index is 10.7. The van der Waals surface area contributed by atoms with Gasteiger partial charge >= 0.3 is 0 Å². The zero-order valence-corrected chi connectivity index (χ0v) is 11.9. The normalized spacial score (nSPS) is 10.6. The topological polar surface area (TPSA) is 91.5 Å². The van der Waals surface area contributed by atoms with E-state index in [9.17, 15) is 10.1 Å². The first kappa shape index (κ1) is 15.1. The van der Waals surface area contributed by atoms with Crippen molar-refractivity contribution in [3.8, 4) is 5.75 Å². The summed E-state index contributed by atoms with van der Waals surface area (Å²) in [6.07, 6.45) is 1.70. The van der Waals surface area contributed by atoms with Crippen LogP contribution in [0.3, 0.4) is 0 Å². The van der Waals surface area contributed by atoms with Gasteiger partial charge < -0.3 is 14.9 Å². The van der Waals surface area contributed by atoms with Crippen LogP contribution < -0.4 is 10.5 Å². The van der Waals surface area contributed by atoms with Crippen LogP contribution in [0.25, 0.3) is 0 Å². The van der Waals surface area contributed by atoms with Gasteiger partial charge in [-0.2, -0.15) is 0 Å². The molecular weight excluding hydrogens is 272 g/mol. The Balaban J connectivity index is 1.95. The lowest BCUT2D eigenvalue weighted by atomic mass is 10.2. The van der Waals surface area contributed by atoms with Crippen LogP contribution in [0.5, 0.6) is 5.75 Å². The summed E-state index contributed by atoms with van der Waals surface area (Å²) in [5, 5.41) is 10.7. The fourth-order valence-electron chi connectivity index (χ4n) is 1.99. The second-order valence-electron chi connectivity index (χ2n) is 4.75. The van der Waals surface area contributed by atoms with Crippen molar-refractivity contribution in [3.05, 3.63) is 57.5 Å². The van der Waals surface area contributed by atoms with Crippen LogP contribution in [0, 0.1) is 17.0 Å². The lowest BCUT2D eigenvalue weighted by Crippen LogP contribution is -1.99. The first-order valence-electron chi connectivity index (χ1n) is 6.75. The van der Waals surface area contributed by atoms with Gasteiger partial charge in [0.1, 0.15) is 23.9 Å². The molecule has 0 aliphatic carbocycles. The summed E-state index contributed by atoms with van der Waals surface area (Å²) in [7, 11) is 0. The third-order valence-corrected chi connectivity index (χ3v) is 3.09. The molecule has 0 atom stereocenters. The van der Waals surface area contributed by atoms with Crippen LogP contribution in [0.15, 0.2) is 34.7 Å². The lowest BCUT2D eigenvalue weighted by molar-refractivity contribution is -0.385. The van der Waals surface area contributed by atoms with E-state index in [2.05, 4.69) is 0 Å². The summed E-state index contributed by atoms with van der Waals surface area (Å²) in [5.74, 6) is 2.19. The second-order valence-corrected chi connectivity index (χ2v) is 4.75. The van der Waals surface area contributed by atoms with Crippen molar-refractivity contribution in [1.82, 2.24) is 0 Å². The SMILES string of the molecule is Cc1cc(OCc2ccc(CCCN)o2)ccc1[N+](=O)[O-]. The molecule has 2 rings (SSSR count). The number of hydrogen-bond donors (Lipinski definition) is 1. The van der Waals surface area contributed by atoms with Gasteiger partial charge in [0.2, 0.25) is 0 Å². The molecule has 2 N–H and O–H groups in total. The number of benzene rings is 1. The first-order valence-corrected chi connectivity index (χ1v) is 6.75. The number of ether oxygens (including phenoxy) is 1. The Morgan fingerprint density at radius 3 is 2.71 bits per heavy atom. The Labute approximate surface area is 122 Å². The minimum absolute atomic E-state index is 0.0874. The average Bonchev–Trinajstić information content (AvgIpc) is 2.90. The molecule has 0 amide bonds. The molecule has 0 spiro atoms. The zero-order chi connectivity index (χ0) is 15.2. The smallest absolute Gasteiger partial charge is 0.272 e. The molecular formula is C15H18N2O4. The Morgan fingerprint density at radius 2 is 2.05 bits per heavy atom. The molecule has 0 aliphatic rings. The molecule has 0 radical (unpaired) electrons. The largest absolute Gasteiger partial charge is 0.486 e. The number of aryl methyl sites for hydroxylation is 2. The van der Waals surface area contributed by atoms with E-state index in [0.29, 0.717) is 24.5 Å². The van der Waals surface area contributed by atoms with Crippen molar-refractivity contribution in [2.75, 3.05) is 6.54 Å². The van der Waals surface area contributed by atoms with Crippen LogP contribution in [-0.2, 0) is 13.0 Å². The fraction of sp³-hybridized carbons (Fsp3) is 0.333. The molecule has 1 aromatic carbocycles. The minimum Gasteiger partial charge on any atom is -0.486 e. The fourth-order valence-corrected chi connectivity index (χ4v) is 1.99. The number of rotatable bonds is 7. The van der Waals surface area contributed by atoms with E-state index in [4.69, 9.17) is 14.9 Å². The summed E-state index contributed by atoms with van der Waals surface area (Å²) in [6.45, 7) is 2.61. The molecule has 2 aromatic rings. The van der Waals surface area contributed by atoms with E-state index in [1.54, 1.807) is 19.1 Å². The Morgan fingerprint density at radius 1 is 1.29 bits per heavy atom. The van der Waals surface area contributed by atoms with Crippen LogP contribution in [0.1, 0.15) is 23.5 Å². The van der Waals surface area contributed by atoms with Gasteiger partial charge in [0, 0.05) is 18.1 Å². The predicted molar refractivity (Wildman–Crippen MR) is 78.2 cm³/mol. The van der Waals surface area contributed by atoms with Gasteiger partial charge in [0.05, 0.1) is 4.92 Å². The van der Waals surface area contributed by atoms with Crippen molar-refractivity contribution in [1.29, 1.82) is 0 Å². The van der Waals surface area contributed by atoms with Gasteiger partial charge in [-0.3, -0.25) is 10.1 Å². The molecule has 0 saturated heterocycles. The predicted octanol–water partition coefficient (Wildman–Crippen LogP) is 2.97. The summed E-state index contributed by atoms with van der Waals surface area (Å²) >= 11 is 0. The molecule has 21 heavy (non-hydrogen) atoms. The zero-order valence-electron chi connectivity index (χ0n) is 11.9. The molecule has 0 bridgehead atoms. The van der Waals surface area contributed by atoms with Gasteiger partial charge in [-0.15, -0.1) is 0 Å². The maximum Gasteiger partial charge on any atom is 0.272 e. The van der Waals surface area contributed by atoms with Gasteiger partial charge in [-0.1, -0.05) is 0 Å². The molecule has 6 heteroatoms. The van der Waals surface area contributed by atoms with Crippen molar-refractivity contribution in [2.24, 2.45) is 5.73 Å². The minimum atomic E-state index is -0.407. The summed E-state index contributed by atoms with van der Waals surface area (Å²) in [4.78, 5) is 10.3. The average molecular weight is 290 g/mol. The molecule has 1 heterocycles. The highest BCUT2D eigenvalue weighted by Crippen LogP contribution is 2.24. The van der Waals surface area contributed by atoms with Gasteiger partial charge in [-0.05, 0) is 44.2 Å². The van der Waals surface area contributed by atoms with E-state index in [0.717, 1.165) is 24.4 Å². The highest BCUT2D eigenvalue weighted by Gasteiger charge is 2.11. The number of hydrogen-bond acceptors (Lipinski definition) is 5. The van der Waals surface area contributed by atoms with Crippen molar-refractivity contribution >= 4 is 5.69 Å². The number of furan rings is 1. The standard InChI is InChI=1S/C15H18N2O4/c1-11-9-13(6-7-15(11)17(18)19)20-10-14-5-4-12(21-14)3-2-8-16/h4-7,9H,2-3,8,10,16H2,1H3. The van der Waals surface area contributed by atoms with Gasteiger partial charge in [0.25, 0.3) is 5.69 Å². The van der Waals surface area contributed by atoms with E-state index >= 15 is 0 Å². The van der Waals surface area contributed by atoms with E-state index in [1.165, 1.54) is 6.07 Å². The summed E-state index contributed by atoms with van der Waals surface area (Å²) in [5.41, 5.74) is 6.11. The van der Waals surface area contributed by atoms with Crippen molar-refractivity contribution in [3.63, 3.8) is 0 Å². The molecule has 0 unspecified atom stereocenters. The molecule has 0 aliphatic heterocycles. The highest BCUT2D eigenvalue weighted by molar-refractivity contribution is 5.44. The van der Waals surface area contributed by atoms with Crippen molar-refractivity contribution < 1.29 is 14.1 Å². The molecule has 112 valence electrons. The number of nitro benzene ring substituents is 1. The molecule has 0 saturated carbocycles. The summed E-state index contributed by atoms with van der Waals surface area (Å²) in [6, 6.07) is 8.46. The molecule has 0 fully saturated rings. The first-order chi connectivity index (χ1) is 10.1. The second kappa shape index (κ2) is 6.90. The Bertz CT molecular complexity index is 622. The van der Waals surface area contributed by atoms with E-state index < -0.39 is 4.92 Å². The monoisotopic (exact) mass is 290 g/mol. The third kappa shape index (κ3) is 4.06.